The first-order valence-electron chi connectivity index (χ1n) is 5.00. The van der Waals surface area contributed by atoms with E-state index < -0.39 is 0 Å². The van der Waals surface area contributed by atoms with E-state index in [0.717, 1.165) is 3.57 Å². The number of halogens is 2. The number of benzene rings is 1. The van der Waals surface area contributed by atoms with Gasteiger partial charge in [0.1, 0.15) is 0 Å². The highest BCUT2D eigenvalue weighted by Crippen LogP contribution is 2.21. The van der Waals surface area contributed by atoms with Gasteiger partial charge in [-0.05, 0) is 47.2 Å². The number of likely N-dealkylation sites (tertiary alicyclic amines) is 1. The Balaban J connectivity index is 2.23. The van der Waals surface area contributed by atoms with Gasteiger partial charge in [-0.2, -0.15) is 0 Å². The molecule has 5 heteroatoms. The van der Waals surface area contributed by atoms with Crippen LogP contribution < -0.4 is 0 Å². The largest absolute Gasteiger partial charge is 0.391 e. The van der Waals surface area contributed by atoms with Gasteiger partial charge in [-0.15, -0.1) is 0 Å². The number of aliphatic hydroxyl groups is 1. The van der Waals surface area contributed by atoms with Crippen LogP contribution in [0.3, 0.4) is 0 Å². The molecule has 0 aliphatic carbocycles. The first kappa shape index (κ1) is 12.1. The third kappa shape index (κ3) is 2.49. The van der Waals surface area contributed by atoms with Crippen molar-refractivity contribution in [2.24, 2.45) is 0 Å². The molecule has 1 atom stereocenters. The molecule has 0 bridgehead atoms. The van der Waals surface area contributed by atoms with Crippen LogP contribution >= 0.6 is 34.2 Å². The lowest BCUT2D eigenvalue weighted by Gasteiger charge is -2.16. The molecule has 0 unspecified atom stereocenters. The number of rotatable bonds is 1. The molecule has 16 heavy (non-hydrogen) atoms. The lowest BCUT2D eigenvalue weighted by molar-refractivity contribution is 0.0764. The Morgan fingerprint density at radius 1 is 1.56 bits per heavy atom. The molecule has 0 aromatic heterocycles. The van der Waals surface area contributed by atoms with Gasteiger partial charge in [-0.25, -0.2) is 0 Å². The molecular weight excluding hydrogens is 340 g/mol. The molecule has 1 aromatic carbocycles. The molecule has 1 heterocycles. The van der Waals surface area contributed by atoms with E-state index in [9.17, 15) is 9.90 Å². The summed E-state index contributed by atoms with van der Waals surface area (Å²) in [6, 6.07) is 5.26. The maximum absolute atomic E-state index is 12.1. The zero-order chi connectivity index (χ0) is 11.7. The summed E-state index contributed by atoms with van der Waals surface area (Å²) in [5.74, 6) is -0.0524. The van der Waals surface area contributed by atoms with Gasteiger partial charge in [0, 0.05) is 21.7 Å². The van der Waals surface area contributed by atoms with Crippen LogP contribution in [0.5, 0.6) is 0 Å². The van der Waals surface area contributed by atoms with Crippen molar-refractivity contribution in [3.63, 3.8) is 0 Å². The number of hydrogen-bond acceptors (Lipinski definition) is 2. The van der Waals surface area contributed by atoms with E-state index >= 15 is 0 Å². The molecule has 1 fully saturated rings. The van der Waals surface area contributed by atoms with Gasteiger partial charge < -0.3 is 10.0 Å². The fourth-order valence-corrected chi connectivity index (χ4v) is 2.50. The summed E-state index contributed by atoms with van der Waals surface area (Å²) < 4.78 is 0.883. The van der Waals surface area contributed by atoms with Gasteiger partial charge in [0.2, 0.25) is 0 Å². The van der Waals surface area contributed by atoms with Crippen molar-refractivity contribution in [1.82, 2.24) is 4.90 Å². The lowest BCUT2D eigenvalue weighted by Crippen LogP contribution is -2.30. The third-order valence-electron chi connectivity index (χ3n) is 2.61. The van der Waals surface area contributed by atoms with Crippen LogP contribution in [-0.2, 0) is 0 Å². The first-order valence-corrected chi connectivity index (χ1v) is 6.46. The molecule has 3 nitrogen and oxygen atoms in total. The van der Waals surface area contributed by atoms with Gasteiger partial charge in [0.05, 0.1) is 11.7 Å². The van der Waals surface area contributed by atoms with Crippen molar-refractivity contribution >= 4 is 40.1 Å². The van der Waals surface area contributed by atoms with Crippen molar-refractivity contribution in [2.75, 3.05) is 13.1 Å². The monoisotopic (exact) mass is 351 g/mol. The molecule has 1 amide bonds. The quantitative estimate of drug-likeness (QED) is 0.788. The highest BCUT2D eigenvalue weighted by Gasteiger charge is 2.26. The number of hydrogen-bond donors (Lipinski definition) is 1. The van der Waals surface area contributed by atoms with E-state index in [1.807, 2.05) is 6.07 Å². The number of β-amino-alcohol motifs (C(OH)–C–C–N with tert-alkyl or cyclic N) is 1. The summed E-state index contributed by atoms with van der Waals surface area (Å²) in [6.07, 6.45) is 0.267. The average molecular weight is 352 g/mol. The second-order valence-corrected chi connectivity index (χ2v) is 5.42. The van der Waals surface area contributed by atoms with Gasteiger partial charge in [-0.1, -0.05) is 11.6 Å². The number of aliphatic hydroxyl groups excluding tert-OH is 1. The number of carbonyl (C=O) groups is 1. The van der Waals surface area contributed by atoms with Gasteiger partial charge >= 0.3 is 0 Å². The average Bonchev–Trinajstić information content (AvgIpc) is 2.67. The molecule has 1 saturated heterocycles. The maximum atomic E-state index is 12.1. The summed E-state index contributed by atoms with van der Waals surface area (Å²) >= 11 is 7.99. The van der Waals surface area contributed by atoms with Gasteiger partial charge in [0.25, 0.3) is 5.91 Å². The van der Waals surface area contributed by atoms with Crippen molar-refractivity contribution in [3.8, 4) is 0 Å². The maximum Gasteiger partial charge on any atom is 0.255 e. The van der Waals surface area contributed by atoms with Crippen LogP contribution in [0.2, 0.25) is 5.02 Å². The zero-order valence-corrected chi connectivity index (χ0v) is 11.4. The summed E-state index contributed by atoms with van der Waals surface area (Å²) in [7, 11) is 0. The highest BCUT2D eigenvalue weighted by molar-refractivity contribution is 14.1. The van der Waals surface area contributed by atoms with E-state index in [2.05, 4.69) is 22.6 Å². The summed E-state index contributed by atoms with van der Waals surface area (Å²) in [4.78, 5) is 13.8. The summed E-state index contributed by atoms with van der Waals surface area (Å²) in [5.41, 5.74) is 0.613. The molecule has 0 radical (unpaired) electrons. The Morgan fingerprint density at radius 2 is 2.31 bits per heavy atom. The van der Waals surface area contributed by atoms with Crippen molar-refractivity contribution in [3.05, 3.63) is 32.4 Å². The molecule has 2 rings (SSSR count). The Morgan fingerprint density at radius 3 is 2.94 bits per heavy atom. The molecule has 1 aliphatic rings. The Labute approximate surface area is 113 Å². The van der Waals surface area contributed by atoms with E-state index in [4.69, 9.17) is 11.6 Å². The highest BCUT2D eigenvalue weighted by atomic mass is 127. The topological polar surface area (TPSA) is 40.5 Å². The Bertz CT molecular complexity index is 424. The number of carbonyl (C=O) groups excluding carboxylic acids is 1. The van der Waals surface area contributed by atoms with Gasteiger partial charge in [0.15, 0.2) is 0 Å². The van der Waals surface area contributed by atoms with E-state index in [0.29, 0.717) is 30.1 Å². The number of nitrogens with zero attached hydrogens (tertiary/aromatic N) is 1. The second kappa shape index (κ2) is 4.89. The van der Waals surface area contributed by atoms with E-state index in [1.165, 1.54) is 0 Å². The van der Waals surface area contributed by atoms with E-state index in [-0.39, 0.29) is 12.0 Å². The van der Waals surface area contributed by atoms with Crippen molar-refractivity contribution < 1.29 is 9.90 Å². The standard InChI is InChI=1S/C11H11ClINO2/c12-7-1-2-10(13)9(5-7)11(16)14-4-3-8(15)6-14/h1-2,5,8,15H,3-4,6H2/t8-/m1/s1. The minimum atomic E-state index is -0.388. The van der Waals surface area contributed by atoms with Gasteiger partial charge in [-0.3, -0.25) is 4.79 Å². The predicted octanol–water partition coefficient (Wildman–Crippen LogP) is 2.15. The minimum absolute atomic E-state index is 0.0524. The normalized spacial score (nSPS) is 20.2. The van der Waals surface area contributed by atoms with Crippen molar-refractivity contribution in [1.29, 1.82) is 0 Å². The van der Waals surface area contributed by atoms with Crippen LogP contribution in [0, 0.1) is 3.57 Å². The van der Waals surface area contributed by atoms with Crippen LogP contribution in [0.25, 0.3) is 0 Å². The molecule has 86 valence electrons. The summed E-state index contributed by atoms with van der Waals surface area (Å²) in [5, 5.41) is 9.96. The smallest absolute Gasteiger partial charge is 0.255 e. The predicted molar refractivity (Wildman–Crippen MR) is 70.7 cm³/mol. The van der Waals surface area contributed by atoms with Crippen LogP contribution in [0.1, 0.15) is 16.8 Å². The van der Waals surface area contributed by atoms with Crippen LogP contribution in [0.15, 0.2) is 18.2 Å². The van der Waals surface area contributed by atoms with Crippen LogP contribution in [-0.4, -0.2) is 35.1 Å². The molecule has 1 aromatic rings. The Hall–Kier alpha value is -0.330. The second-order valence-electron chi connectivity index (χ2n) is 3.82. The number of amides is 1. The molecule has 0 saturated carbocycles. The zero-order valence-electron chi connectivity index (χ0n) is 8.49. The first-order chi connectivity index (χ1) is 7.58. The molecular formula is C11H11ClINO2. The lowest BCUT2D eigenvalue weighted by atomic mass is 10.2. The molecule has 0 spiro atoms. The molecule has 1 aliphatic heterocycles. The van der Waals surface area contributed by atoms with Crippen LogP contribution in [0.4, 0.5) is 0 Å². The van der Waals surface area contributed by atoms with Crippen molar-refractivity contribution in [2.45, 2.75) is 12.5 Å². The fourth-order valence-electron chi connectivity index (χ4n) is 1.76. The van der Waals surface area contributed by atoms with E-state index in [1.54, 1.807) is 17.0 Å². The molecule has 1 N–H and O–H groups in total. The third-order valence-corrected chi connectivity index (χ3v) is 3.79. The Kier molecular flexibility index (Phi) is 3.71. The minimum Gasteiger partial charge on any atom is -0.391 e. The SMILES string of the molecule is O=C(c1cc(Cl)ccc1I)N1CC[C@@H](O)C1. The fraction of sp³-hybridized carbons (Fsp3) is 0.364. The summed E-state index contributed by atoms with van der Waals surface area (Å²) in [6.45, 7) is 1.03.